The normalized spacial score (nSPS) is 24.0. The van der Waals surface area contributed by atoms with Gasteiger partial charge in [0, 0.05) is 63.7 Å². The van der Waals surface area contributed by atoms with E-state index in [0.29, 0.717) is 0 Å². The second kappa shape index (κ2) is 27.8. The van der Waals surface area contributed by atoms with Crippen molar-refractivity contribution in [1.82, 2.24) is 19.6 Å². The highest BCUT2D eigenvalue weighted by Gasteiger charge is 2.45. The molecule has 2 aromatic carbocycles. The molecule has 16 nitrogen and oxygen atoms in total. The van der Waals surface area contributed by atoms with Crippen LogP contribution >= 0.6 is 23.5 Å². The lowest BCUT2D eigenvalue weighted by atomic mass is 9.87. The highest BCUT2D eigenvalue weighted by Crippen LogP contribution is 2.38. The lowest BCUT2D eigenvalue weighted by Gasteiger charge is -2.37. The fourth-order valence-corrected chi connectivity index (χ4v) is 9.80. The maximum Gasteiger partial charge on any atom is 0.446 e. The monoisotopic (exact) mass is 1210 g/mol. The Balaban J connectivity index is 2.36. The van der Waals surface area contributed by atoms with Gasteiger partial charge in [-0.25, -0.2) is 28.0 Å². The van der Waals surface area contributed by atoms with Crippen molar-refractivity contribution < 1.29 is 92.4 Å². The molecular formula is C56H76F8N4O12S2. The van der Waals surface area contributed by atoms with Crippen molar-refractivity contribution in [1.29, 1.82) is 0 Å². The molecule has 0 aromatic heterocycles. The molecule has 4 amide bonds. The number of halogens is 8. The third-order valence-electron chi connectivity index (χ3n) is 12.8. The van der Waals surface area contributed by atoms with Gasteiger partial charge in [0.1, 0.15) is 35.5 Å². The third-order valence-corrected chi connectivity index (χ3v) is 14.3. The van der Waals surface area contributed by atoms with Crippen LogP contribution in [0, 0.1) is 10.8 Å². The largest absolute Gasteiger partial charge is 0.451 e. The van der Waals surface area contributed by atoms with Gasteiger partial charge in [-0.05, 0) is 124 Å². The summed E-state index contributed by atoms with van der Waals surface area (Å²) in [5.41, 5.74) is -15.2. The Bertz CT molecular complexity index is 2380. The van der Waals surface area contributed by atoms with E-state index >= 15 is 8.78 Å². The Kier molecular flexibility index (Phi) is 24.0. The number of rotatable bonds is 12. The number of likely N-dealkylation sites (N-methyl/N-ethyl adjacent to an activating group) is 4. The Morgan fingerprint density at radius 1 is 0.390 bits per heavy atom. The van der Waals surface area contributed by atoms with E-state index < -0.39 is 178 Å². The molecule has 1 aliphatic rings. The summed E-state index contributed by atoms with van der Waals surface area (Å²) in [6.45, 7) is 16.7. The van der Waals surface area contributed by atoms with Gasteiger partial charge in [0.25, 0.3) is 23.6 Å². The fourth-order valence-electron chi connectivity index (χ4n) is 8.72. The maximum absolute atomic E-state index is 15.8. The van der Waals surface area contributed by atoms with Crippen molar-refractivity contribution in [3.63, 3.8) is 0 Å². The van der Waals surface area contributed by atoms with Gasteiger partial charge in [0.05, 0.1) is 0 Å². The Hall–Kier alpha value is -5.66. The Labute approximate surface area is 482 Å². The van der Waals surface area contributed by atoms with E-state index in [0.717, 1.165) is 114 Å². The molecule has 3 rings (SSSR count). The molecule has 0 spiro atoms. The second-order valence-electron chi connectivity index (χ2n) is 24.0. The van der Waals surface area contributed by atoms with E-state index in [4.69, 9.17) is 18.9 Å². The number of amides is 4. The number of carbonyl (C=O) groups excluding carboxylic acids is 8. The number of ether oxygens (including phenoxy) is 4. The quantitative estimate of drug-likeness (QED) is 0.0846. The molecule has 8 atom stereocenters. The highest BCUT2D eigenvalue weighted by molar-refractivity contribution is 8.00. The van der Waals surface area contributed by atoms with E-state index in [-0.39, 0.29) is 33.8 Å². The van der Waals surface area contributed by atoms with Crippen LogP contribution in [0.15, 0.2) is 58.3 Å². The number of cyclic esters (lactones) is 4. The summed E-state index contributed by atoms with van der Waals surface area (Å²) in [6, 6.07) is 2.34. The number of nitrogens with zero attached hydrogens (tertiary/aromatic N) is 4. The first kappa shape index (κ1) is 70.6. The van der Waals surface area contributed by atoms with E-state index in [1.807, 2.05) is 0 Å². The molecule has 0 radical (unpaired) electrons. The Morgan fingerprint density at radius 3 is 0.878 bits per heavy atom. The molecule has 0 saturated carbocycles. The molecular weight excluding hydrogens is 1140 g/mol. The van der Waals surface area contributed by atoms with Gasteiger partial charge in [-0.1, -0.05) is 65.8 Å². The van der Waals surface area contributed by atoms with Gasteiger partial charge < -0.3 is 38.5 Å². The predicted octanol–water partition coefficient (Wildman–Crippen LogP) is 9.85. The fraction of sp³-hybridized carbons (Fsp3) is 0.643. The first-order chi connectivity index (χ1) is 37.2. The molecule has 82 heavy (non-hydrogen) atoms. The van der Waals surface area contributed by atoms with Crippen molar-refractivity contribution in [3.8, 4) is 0 Å². The van der Waals surface area contributed by atoms with Gasteiger partial charge in [0.15, 0.2) is 24.4 Å². The topological polar surface area (TPSA) is 186 Å². The van der Waals surface area contributed by atoms with Gasteiger partial charge in [-0.3, -0.25) is 19.2 Å². The zero-order valence-corrected chi connectivity index (χ0v) is 50.6. The molecule has 2 aromatic rings. The van der Waals surface area contributed by atoms with E-state index in [2.05, 4.69) is 0 Å². The van der Waals surface area contributed by atoms with Gasteiger partial charge in [-0.15, -0.1) is 0 Å². The summed E-state index contributed by atoms with van der Waals surface area (Å²) >= 11 is -0.836. The molecule has 1 unspecified atom stereocenters. The molecule has 0 N–H and O–H groups in total. The number of carbonyl (C=O) groups is 8. The van der Waals surface area contributed by atoms with Crippen LogP contribution in [0.5, 0.6) is 0 Å². The van der Waals surface area contributed by atoms with Gasteiger partial charge in [-0.2, -0.15) is 26.3 Å². The third kappa shape index (κ3) is 22.8. The van der Waals surface area contributed by atoms with Crippen molar-refractivity contribution >= 4 is 71.0 Å². The number of esters is 4. The second-order valence-corrected chi connectivity index (χ2v) is 26.3. The zero-order valence-electron chi connectivity index (χ0n) is 49.0. The summed E-state index contributed by atoms with van der Waals surface area (Å²) < 4.78 is 134. The van der Waals surface area contributed by atoms with Crippen LogP contribution in [0.4, 0.5) is 35.1 Å². The number of thioether (sulfide) groups is 2. The highest BCUT2D eigenvalue weighted by atomic mass is 32.2. The smallest absolute Gasteiger partial charge is 0.446 e. The van der Waals surface area contributed by atoms with Crippen molar-refractivity contribution in [2.45, 2.75) is 202 Å². The van der Waals surface area contributed by atoms with Crippen LogP contribution in [0.2, 0.25) is 0 Å². The average Bonchev–Trinajstić information content (AvgIpc) is 3.36. The first-order valence-electron chi connectivity index (χ1n) is 26.1. The molecule has 26 heteroatoms. The molecule has 1 aliphatic heterocycles. The van der Waals surface area contributed by atoms with Gasteiger partial charge in [0.2, 0.25) is 0 Å². The number of benzene rings is 2. The summed E-state index contributed by atoms with van der Waals surface area (Å²) in [4.78, 5) is 119. The SMILES string of the molecule is C[C@H]1OC(=O)[C@H](CC(C)(C)C)N(C)C(=O)[C@H](Cc2ccc(SC(F)(F)F)cc2)OC(=O)[C@H](CC(C)(C)F)N(C)C(=O)[C@@H](C)OC(=O)[C@H](CC(C)(C)C)N(C)C(=O)[C@H](Cc2ccc(SC(F)(F)F)cc2)OC(=O)C(CC(C)(C)F)N(C)C1=O. The maximum atomic E-state index is 15.8. The van der Waals surface area contributed by atoms with Crippen LogP contribution in [-0.4, -0.2) is 166 Å². The lowest BCUT2D eigenvalue weighted by Crippen LogP contribution is -2.55. The van der Waals surface area contributed by atoms with Crippen LogP contribution in [0.1, 0.15) is 120 Å². The molecule has 460 valence electrons. The summed E-state index contributed by atoms with van der Waals surface area (Å²) in [5.74, 6) is -9.60. The summed E-state index contributed by atoms with van der Waals surface area (Å²) in [5, 5.41) is 0. The molecule has 1 heterocycles. The van der Waals surface area contributed by atoms with Crippen LogP contribution in [-0.2, 0) is 70.1 Å². The van der Waals surface area contributed by atoms with Crippen LogP contribution in [0.25, 0.3) is 0 Å². The number of hydrogen-bond acceptors (Lipinski definition) is 14. The van der Waals surface area contributed by atoms with Crippen molar-refractivity contribution in [3.05, 3.63) is 59.7 Å². The average molecular weight is 1210 g/mol. The molecule has 1 saturated heterocycles. The minimum atomic E-state index is -4.66. The number of alkyl halides is 8. The minimum Gasteiger partial charge on any atom is -0.451 e. The lowest BCUT2D eigenvalue weighted by molar-refractivity contribution is -0.177. The molecule has 0 aliphatic carbocycles. The van der Waals surface area contributed by atoms with Gasteiger partial charge >= 0.3 is 34.9 Å². The first-order valence-corrected chi connectivity index (χ1v) is 27.7. The predicted molar refractivity (Wildman–Crippen MR) is 289 cm³/mol. The summed E-state index contributed by atoms with van der Waals surface area (Å²) in [7, 11) is 4.42. The molecule has 0 bridgehead atoms. The van der Waals surface area contributed by atoms with E-state index in [9.17, 15) is 64.7 Å². The minimum absolute atomic E-state index is 0.144. The van der Waals surface area contributed by atoms with Crippen LogP contribution in [0.3, 0.4) is 0 Å². The zero-order chi connectivity index (χ0) is 63.0. The molecule has 1 fully saturated rings. The van der Waals surface area contributed by atoms with E-state index in [1.54, 1.807) is 41.5 Å². The standard InChI is InChI=1S/C56H76F8N4O12S2/c1-31-43(69)65(13)39(29-53(9,10)57)49(75)79-42(26-34-19-23-36(24-20-34)82-56(62,63)64)46(72)68(16)38(28-52(6,7)8)48(74)78-32(2)44(70)66(14)40(30-54(11,12)58)50(76)80-41(25-33-17-21-35(22-18-33)81-55(59,60)61)45(71)67(15)37(47(73)77-31)27-51(3,4)5/h17-24,31-32,37-42H,25-30H2,1-16H3/t31-,32-,37+,38+,39+,40?,41+,42+/m1/s1. The van der Waals surface area contributed by atoms with Crippen LogP contribution < -0.4 is 0 Å². The van der Waals surface area contributed by atoms with Crippen molar-refractivity contribution in [2.75, 3.05) is 28.2 Å². The number of hydrogen-bond donors (Lipinski definition) is 0. The van der Waals surface area contributed by atoms with Crippen molar-refractivity contribution in [2.24, 2.45) is 10.8 Å². The summed E-state index contributed by atoms with van der Waals surface area (Å²) in [6.07, 6.45) is -10.6. The Morgan fingerprint density at radius 2 is 0.634 bits per heavy atom. The van der Waals surface area contributed by atoms with E-state index in [1.165, 1.54) is 24.3 Å².